The van der Waals surface area contributed by atoms with E-state index in [0.717, 1.165) is 11.6 Å². The van der Waals surface area contributed by atoms with Gasteiger partial charge in [-0.2, -0.15) is 0 Å². The SMILES string of the molecule is CC1CCC(Nc2[c]cccc2)CC1. The summed E-state index contributed by atoms with van der Waals surface area (Å²) in [7, 11) is 0. The van der Waals surface area contributed by atoms with Crippen LogP contribution in [0.1, 0.15) is 32.6 Å². The molecule has 1 aromatic rings. The first-order chi connectivity index (χ1) is 6.84. The van der Waals surface area contributed by atoms with Gasteiger partial charge in [0.1, 0.15) is 0 Å². The summed E-state index contributed by atoms with van der Waals surface area (Å²) in [5, 5.41) is 3.55. The van der Waals surface area contributed by atoms with E-state index in [1.807, 2.05) is 12.1 Å². The monoisotopic (exact) mass is 188 g/mol. The van der Waals surface area contributed by atoms with Crippen molar-refractivity contribution in [2.45, 2.75) is 38.6 Å². The maximum atomic E-state index is 3.55. The second kappa shape index (κ2) is 4.50. The molecule has 0 heterocycles. The van der Waals surface area contributed by atoms with Crippen molar-refractivity contribution in [3.8, 4) is 0 Å². The Morgan fingerprint density at radius 3 is 2.64 bits per heavy atom. The first-order valence-electron chi connectivity index (χ1n) is 5.58. The minimum Gasteiger partial charge on any atom is -0.382 e. The van der Waals surface area contributed by atoms with Crippen molar-refractivity contribution in [2.75, 3.05) is 5.32 Å². The first-order valence-corrected chi connectivity index (χ1v) is 5.58. The van der Waals surface area contributed by atoms with Gasteiger partial charge < -0.3 is 5.32 Å². The van der Waals surface area contributed by atoms with Crippen molar-refractivity contribution in [3.63, 3.8) is 0 Å². The Bertz CT molecular complexity index is 260. The van der Waals surface area contributed by atoms with E-state index in [0.29, 0.717) is 6.04 Å². The van der Waals surface area contributed by atoms with Crippen LogP contribution >= 0.6 is 0 Å². The molecule has 0 unspecified atom stereocenters. The fourth-order valence-electron chi connectivity index (χ4n) is 2.11. The van der Waals surface area contributed by atoms with Gasteiger partial charge in [-0.3, -0.25) is 0 Å². The number of anilines is 1. The highest BCUT2D eigenvalue weighted by molar-refractivity contribution is 5.42. The zero-order valence-corrected chi connectivity index (χ0v) is 8.79. The zero-order valence-electron chi connectivity index (χ0n) is 8.79. The predicted molar refractivity (Wildman–Crippen MR) is 60.3 cm³/mol. The summed E-state index contributed by atoms with van der Waals surface area (Å²) in [5.74, 6) is 0.924. The van der Waals surface area contributed by atoms with E-state index in [2.05, 4.69) is 30.4 Å². The fraction of sp³-hybridized carbons (Fsp3) is 0.538. The molecule has 14 heavy (non-hydrogen) atoms. The number of rotatable bonds is 2. The van der Waals surface area contributed by atoms with Crippen LogP contribution in [-0.2, 0) is 0 Å². The van der Waals surface area contributed by atoms with Gasteiger partial charge in [0.25, 0.3) is 0 Å². The number of para-hydroxylation sites is 1. The van der Waals surface area contributed by atoms with E-state index < -0.39 is 0 Å². The van der Waals surface area contributed by atoms with Gasteiger partial charge in [0.05, 0.1) is 0 Å². The summed E-state index contributed by atoms with van der Waals surface area (Å²) < 4.78 is 0. The van der Waals surface area contributed by atoms with Gasteiger partial charge in [-0.05, 0) is 37.7 Å². The van der Waals surface area contributed by atoms with Crippen LogP contribution in [0.15, 0.2) is 24.3 Å². The molecule has 1 fully saturated rings. The van der Waals surface area contributed by atoms with Gasteiger partial charge in [-0.15, -0.1) is 0 Å². The Labute approximate surface area is 86.5 Å². The Hall–Kier alpha value is -0.980. The third-order valence-electron chi connectivity index (χ3n) is 3.08. The quantitative estimate of drug-likeness (QED) is 0.749. The molecule has 1 radical (unpaired) electrons. The molecule has 0 saturated heterocycles. The molecule has 0 atom stereocenters. The standard InChI is InChI=1S/C13H18N/c1-11-7-9-13(10-8-11)14-12-5-3-2-4-6-12/h2-5,11,13-14H,7-10H2,1H3. The molecule has 1 aliphatic carbocycles. The summed E-state index contributed by atoms with van der Waals surface area (Å²) in [6.45, 7) is 2.35. The average molecular weight is 188 g/mol. The third kappa shape index (κ3) is 2.50. The Balaban J connectivity index is 1.87. The van der Waals surface area contributed by atoms with Crippen LogP contribution in [-0.4, -0.2) is 6.04 Å². The molecule has 0 aromatic heterocycles. The van der Waals surface area contributed by atoms with Gasteiger partial charge in [0.2, 0.25) is 0 Å². The van der Waals surface area contributed by atoms with E-state index >= 15 is 0 Å². The minimum absolute atomic E-state index is 0.671. The molecule has 1 saturated carbocycles. The molecule has 0 bridgehead atoms. The Morgan fingerprint density at radius 2 is 2.00 bits per heavy atom. The zero-order chi connectivity index (χ0) is 9.80. The van der Waals surface area contributed by atoms with E-state index in [4.69, 9.17) is 0 Å². The lowest BCUT2D eigenvalue weighted by atomic mass is 9.87. The lowest BCUT2D eigenvalue weighted by Crippen LogP contribution is -2.25. The second-order valence-electron chi connectivity index (χ2n) is 4.38. The topological polar surface area (TPSA) is 12.0 Å². The minimum atomic E-state index is 0.671. The van der Waals surface area contributed by atoms with Gasteiger partial charge >= 0.3 is 0 Å². The largest absolute Gasteiger partial charge is 0.382 e. The maximum Gasteiger partial charge on any atom is 0.0422 e. The van der Waals surface area contributed by atoms with Crippen molar-refractivity contribution >= 4 is 5.69 Å². The van der Waals surface area contributed by atoms with Crippen LogP contribution in [0.2, 0.25) is 0 Å². The van der Waals surface area contributed by atoms with E-state index in [1.54, 1.807) is 0 Å². The van der Waals surface area contributed by atoms with E-state index in [1.165, 1.54) is 25.7 Å². The van der Waals surface area contributed by atoms with Crippen LogP contribution in [0.3, 0.4) is 0 Å². The van der Waals surface area contributed by atoms with Crippen LogP contribution in [0.4, 0.5) is 5.69 Å². The molecular formula is C13H18N. The molecule has 1 aliphatic rings. The lowest BCUT2D eigenvalue weighted by Gasteiger charge is -2.27. The molecule has 1 heteroatoms. The Morgan fingerprint density at radius 1 is 1.21 bits per heavy atom. The molecule has 0 aliphatic heterocycles. The van der Waals surface area contributed by atoms with Crippen molar-refractivity contribution in [1.29, 1.82) is 0 Å². The smallest absolute Gasteiger partial charge is 0.0422 e. The molecular weight excluding hydrogens is 170 g/mol. The molecule has 1 N–H and O–H groups in total. The third-order valence-corrected chi connectivity index (χ3v) is 3.08. The summed E-state index contributed by atoms with van der Waals surface area (Å²) in [6, 6.07) is 12.0. The average Bonchev–Trinajstić information content (AvgIpc) is 2.23. The van der Waals surface area contributed by atoms with Crippen molar-refractivity contribution in [3.05, 3.63) is 30.3 Å². The van der Waals surface area contributed by atoms with Gasteiger partial charge in [0, 0.05) is 17.8 Å². The summed E-state index contributed by atoms with van der Waals surface area (Å²) in [4.78, 5) is 0. The molecule has 75 valence electrons. The van der Waals surface area contributed by atoms with E-state index in [9.17, 15) is 0 Å². The maximum absolute atomic E-state index is 3.55. The summed E-state index contributed by atoms with van der Waals surface area (Å²) >= 11 is 0. The van der Waals surface area contributed by atoms with Crippen LogP contribution in [0.5, 0.6) is 0 Å². The van der Waals surface area contributed by atoms with Gasteiger partial charge in [0.15, 0.2) is 0 Å². The summed E-state index contributed by atoms with van der Waals surface area (Å²) in [6.07, 6.45) is 5.35. The van der Waals surface area contributed by atoms with Gasteiger partial charge in [-0.25, -0.2) is 0 Å². The van der Waals surface area contributed by atoms with Crippen LogP contribution in [0.25, 0.3) is 0 Å². The highest BCUT2D eigenvalue weighted by Gasteiger charge is 2.17. The number of nitrogens with one attached hydrogen (secondary N) is 1. The highest BCUT2D eigenvalue weighted by Crippen LogP contribution is 2.25. The molecule has 2 rings (SSSR count). The number of benzene rings is 1. The van der Waals surface area contributed by atoms with Crippen molar-refractivity contribution in [2.24, 2.45) is 5.92 Å². The highest BCUT2D eigenvalue weighted by atomic mass is 14.9. The number of hydrogen-bond donors (Lipinski definition) is 1. The second-order valence-corrected chi connectivity index (χ2v) is 4.38. The van der Waals surface area contributed by atoms with Crippen molar-refractivity contribution in [1.82, 2.24) is 0 Å². The lowest BCUT2D eigenvalue weighted by molar-refractivity contribution is 0.361. The predicted octanol–water partition coefficient (Wildman–Crippen LogP) is 3.48. The molecule has 0 amide bonds. The van der Waals surface area contributed by atoms with Crippen molar-refractivity contribution < 1.29 is 0 Å². The van der Waals surface area contributed by atoms with E-state index in [-0.39, 0.29) is 0 Å². The van der Waals surface area contributed by atoms with Crippen LogP contribution < -0.4 is 5.32 Å². The van der Waals surface area contributed by atoms with Gasteiger partial charge in [-0.1, -0.05) is 25.1 Å². The van der Waals surface area contributed by atoms with Crippen LogP contribution in [0, 0.1) is 12.0 Å². The first kappa shape index (κ1) is 9.57. The normalized spacial score (nSPS) is 27.2. The Kier molecular flexibility index (Phi) is 3.07. The molecule has 0 spiro atoms. The number of hydrogen-bond acceptors (Lipinski definition) is 1. The molecule has 1 aromatic carbocycles. The molecule has 1 nitrogen and oxygen atoms in total. The fourth-order valence-corrected chi connectivity index (χ4v) is 2.11. The summed E-state index contributed by atoms with van der Waals surface area (Å²) in [5.41, 5.74) is 1.15.